The summed E-state index contributed by atoms with van der Waals surface area (Å²) in [6, 6.07) is 3.12. The number of benzene rings is 1. The normalized spacial score (nSPS) is 22.3. The minimum Gasteiger partial charge on any atom is -0.312 e. The third kappa shape index (κ3) is 2.57. The van der Waals surface area contributed by atoms with Gasteiger partial charge in [-0.1, -0.05) is 0 Å². The highest BCUT2D eigenvalue weighted by Crippen LogP contribution is 2.16. The zero-order valence-corrected chi connectivity index (χ0v) is 8.97. The van der Waals surface area contributed by atoms with Crippen molar-refractivity contribution in [1.29, 1.82) is 0 Å². The van der Waals surface area contributed by atoms with Gasteiger partial charge in [0.25, 0.3) is 0 Å². The second-order valence-corrected chi connectivity index (χ2v) is 4.25. The minimum atomic E-state index is -0.442. The highest BCUT2D eigenvalue weighted by Gasteiger charge is 2.23. The van der Waals surface area contributed by atoms with Crippen LogP contribution in [0.5, 0.6) is 0 Å². The first-order chi connectivity index (χ1) is 7.66. The van der Waals surface area contributed by atoms with Gasteiger partial charge in [-0.25, -0.2) is 8.78 Å². The van der Waals surface area contributed by atoms with E-state index in [9.17, 15) is 8.78 Å². The summed E-state index contributed by atoms with van der Waals surface area (Å²) in [5.74, 6) is -0.861. The highest BCUT2D eigenvalue weighted by molar-refractivity contribution is 5.20. The maximum atomic E-state index is 13.3. The summed E-state index contributed by atoms with van der Waals surface area (Å²) in [5.41, 5.74) is 8.22. The van der Waals surface area contributed by atoms with Crippen molar-refractivity contribution >= 4 is 0 Å². The molecule has 0 aromatic heterocycles. The molecule has 2 atom stereocenters. The van der Waals surface area contributed by atoms with Gasteiger partial charge in [-0.05, 0) is 49.6 Å². The van der Waals surface area contributed by atoms with E-state index in [1.54, 1.807) is 0 Å². The van der Waals surface area contributed by atoms with E-state index in [0.717, 1.165) is 31.5 Å². The van der Waals surface area contributed by atoms with E-state index in [-0.39, 0.29) is 12.5 Å². The van der Waals surface area contributed by atoms with Gasteiger partial charge in [-0.2, -0.15) is 0 Å². The van der Waals surface area contributed by atoms with Crippen LogP contribution in [-0.4, -0.2) is 18.6 Å². The predicted molar refractivity (Wildman–Crippen MR) is 58.0 cm³/mol. The Morgan fingerprint density at radius 1 is 1.44 bits per heavy atom. The van der Waals surface area contributed by atoms with Gasteiger partial charge in [0.1, 0.15) is 11.6 Å². The van der Waals surface area contributed by atoms with Crippen molar-refractivity contribution in [1.82, 2.24) is 11.1 Å². The number of hydrogen-bond donors (Lipinski definition) is 1. The van der Waals surface area contributed by atoms with Gasteiger partial charge in [0, 0.05) is 12.1 Å². The van der Waals surface area contributed by atoms with E-state index < -0.39 is 17.7 Å². The van der Waals surface area contributed by atoms with Crippen molar-refractivity contribution in [2.45, 2.75) is 31.3 Å². The summed E-state index contributed by atoms with van der Waals surface area (Å²) in [6.07, 6.45) is 2.28. The highest BCUT2D eigenvalue weighted by atomic mass is 19.1. The molecule has 1 saturated heterocycles. The van der Waals surface area contributed by atoms with Crippen molar-refractivity contribution in [3.05, 3.63) is 35.4 Å². The number of hydrogen-bond acceptors (Lipinski definition) is 1. The molecule has 2 N–H and O–H groups in total. The molecule has 1 aromatic rings. The van der Waals surface area contributed by atoms with Gasteiger partial charge in [-0.15, -0.1) is 0 Å². The molecular formula is C12H15F2N2. The quantitative estimate of drug-likeness (QED) is 0.838. The van der Waals surface area contributed by atoms with Crippen LogP contribution in [0, 0.1) is 11.6 Å². The largest absolute Gasteiger partial charge is 0.312 e. The van der Waals surface area contributed by atoms with Crippen LogP contribution in [0.2, 0.25) is 0 Å². The van der Waals surface area contributed by atoms with Crippen LogP contribution in [0.1, 0.15) is 18.4 Å². The first kappa shape index (κ1) is 11.5. The average molecular weight is 225 g/mol. The third-order valence-electron chi connectivity index (χ3n) is 3.03. The first-order valence-corrected chi connectivity index (χ1v) is 5.55. The Kier molecular flexibility index (Phi) is 3.51. The Morgan fingerprint density at radius 2 is 2.25 bits per heavy atom. The second-order valence-electron chi connectivity index (χ2n) is 4.25. The fourth-order valence-corrected chi connectivity index (χ4v) is 2.13. The average Bonchev–Trinajstić information content (AvgIpc) is 2.76. The molecule has 2 nitrogen and oxygen atoms in total. The summed E-state index contributed by atoms with van der Waals surface area (Å²) < 4.78 is 26.3. The molecule has 1 radical (unpaired) electrons. The molecule has 0 spiro atoms. The van der Waals surface area contributed by atoms with Crippen LogP contribution in [0.4, 0.5) is 8.78 Å². The molecule has 2 unspecified atom stereocenters. The fourth-order valence-electron chi connectivity index (χ4n) is 2.13. The number of nitrogens with one attached hydrogen (secondary N) is 2. The monoisotopic (exact) mass is 225 g/mol. The van der Waals surface area contributed by atoms with Gasteiger partial charge < -0.3 is 5.32 Å². The SMILES string of the molecule is [NH]C(Cc1cc(F)ccc1F)C1CCCN1. The van der Waals surface area contributed by atoms with Crippen molar-refractivity contribution in [2.75, 3.05) is 6.54 Å². The van der Waals surface area contributed by atoms with Gasteiger partial charge in [-0.3, -0.25) is 5.73 Å². The minimum absolute atomic E-state index is 0.114. The van der Waals surface area contributed by atoms with Gasteiger partial charge in [0.05, 0.1) is 0 Å². The topological polar surface area (TPSA) is 35.8 Å². The van der Waals surface area contributed by atoms with E-state index in [2.05, 4.69) is 5.32 Å². The fraction of sp³-hybridized carbons (Fsp3) is 0.500. The molecule has 4 heteroatoms. The Morgan fingerprint density at radius 3 is 2.94 bits per heavy atom. The molecule has 87 valence electrons. The van der Waals surface area contributed by atoms with Gasteiger partial charge in [0.15, 0.2) is 0 Å². The lowest BCUT2D eigenvalue weighted by molar-refractivity contribution is 0.461. The predicted octanol–water partition coefficient (Wildman–Crippen LogP) is 1.91. The van der Waals surface area contributed by atoms with Crippen LogP contribution in [-0.2, 0) is 6.42 Å². The molecule has 1 aliphatic rings. The molecule has 0 aliphatic carbocycles. The maximum Gasteiger partial charge on any atom is 0.126 e. The smallest absolute Gasteiger partial charge is 0.126 e. The standard InChI is InChI=1S/C12H15F2N2/c13-9-3-4-10(14)8(6-9)7-11(15)12-2-1-5-16-12/h3-4,6,11-12,15-16H,1-2,5,7H2. The van der Waals surface area contributed by atoms with Crippen LogP contribution < -0.4 is 11.1 Å². The summed E-state index contributed by atoms with van der Waals surface area (Å²) in [4.78, 5) is 0. The molecule has 2 rings (SSSR count). The molecule has 1 aromatic carbocycles. The van der Waals surface area contributed by atoms with Crippen molar-refractivity contribution < 1.29 is 8.78 Å². The van der Waals surface area contributed by atoms with Gasteiger partial charge in [0.2, 0.25) is 0 Å². The lowest BCUT2D eigenvalue weighted by Gasteiger charge is -2.18. The molecule has 1 aliphatic heterocycles. The maximum absolute atomic E-state index is 13.3. The summed E-state index contributed by atoms with van der Waals surface area (Å²) in [5, 5.41) is 3.21. The van der Waals surface area contributed by atoms with E-state index in [4.69, 9.17) is 5.73 Å². The first-order valence-electron chi connectivity index (χ1n) is 5.55. The molecule has 0 saturated carbocycles. The zero-order chi connectivity index (χ0) is 11.5. The second kappa shape index (κ2) is 4.89. The van der Waals surface area contributed by atoms with E-state index in [1.165, 1.54) is 6.07 Å². The molecule has 16 heavy (non-hydrogen) atoms. The molecule has 0 amide bonds. The Bertz CT molecular complexity index is 362. The summed E-state index contributed by atoms with van der Waals surface area (Å²) >= 11 is 0. The van der Waals surface area contributed by atoms with Crippen LogP contribution in [0.25, 0.3) is 0 Å². The lowest BCUT2D eigenvalue weighted by atomic mass is 9.99. The third-order valence-corrected chi connectivity index (χ3v) is 3.03. The van der Waals surface area contributed by atoms with Crippen LogP contribution >= 0.6 is 0 Å². The molecular weight excluding hydrogens is 210 g/mol. The summed E-state index contributed by atoms with van der Waals surface area (Å²) in [6.45, 7) is 0.922. The zero-order valence-electron chi connectivity index (χ0n) is 8.97. The molecule has 0 bridgehead atoms. The van der Waals surface area contributed by atoms with E-state index >= 15 is 0 Å². The number of halogens is 2. The van der Waals surface area contributed by atoms with Crippen molar-refractivity contribution in [3.63, 3.8) is 0 Å². The lowest BCUT2D eigenvalue weighted by Crippen LogP contribution is -2.37. The molecule has 1 fully saturated rings. The number of rotatable bonds is 3. The Balaban J connectivity index is 2.04. The Labute approximate surface area is 93.8 Å². The Hall–Kier alpha value is -1.00. The van der Waals surface area contributed by atoms with Crippen molar-refractivity contribution in [3.8, 4) is 0 Å². The molecule has 1 heterocycles. The van der Waals surface area contributed by atoms with Crippen LogP contribution in [0.15, 0.2) is 18.2 Å². The van der Waals surface area contributed by atoms with Gasteiger partial charge >= 0.3 is 0 Å². The van der Waals surface area contributed by atoms with Crippen molar-refractivity contribution in [2.24, 2.45) is 0 Å². The van der Waals surface area contributed by atoms with E-state index in [1.807, 2.05) is 0 Å². The van der Waals surface area contributed by atoms with Crippen LogP contribution in [0.3, 0.4) is 0 Å². The van der Waals surface area contributed by atoms with E-state index in [0.29, 0.717) is 5.56 Å². The summed E-state index contributed by atoms with van der Waals surface area (Å²) in [7, 11) is 0.